The smallest absolute Gasteiger partial charge is 0.246 e. The minimum atomic E-state index is -0.473. The molecular weight excluding hydrogens is 350 g/mol. The van der Waals surface area contributed by atoms with Gasteiger partial charge in [-0.25, -0.2) is 0 Å². The molecule has 0 saturated carbocycles. The molecule has 4 rings (SSSR count). The first kappa shape index (κ1) is 18.4. The van der Waals surface area contributed by atoms with Crippen molar-refractivity contribution in [1.29, 1.82) is 0 Å². The molecule has 0 fully saturated rings. The van der Waals surface area contributed by atoms with E-state index in [1.807, 2.05) is 61.5 Å². The number of rotatable bonds is 6. The van der Waals surface area contributed by atoms with E-state index in [1.54, 1.807) is 0 Å². The van der Waals surface area contributed by atoms with Crippen molar-refractivity contribution < 1.29 is 4.79 Å². The molecule has 6 nitrogen and oxygen atoms in total. The van der Waals surface area contributed by atoms with E-state index in [2.05, 4.69) is 25.4 Å². The van der Waals surface area contributed by atoms with Crippen LogP contribution in [0.3, 0.4) is 0 Å². The first-order valence-electron chi connectivity index (χ1n) is 9.77. The van der Waals surface area contributed by atoms with Crippen LogP contribution in [0.1, 0.15) is 41.7 Å². The first-order valence-corrected chi connectivity index (χ1v) is 9.77. The normalized spacial score (nSPS) is 14.3. The molecule has 2 N–H and O–H groups in total. The molecule has 0 radical (unpaired) electrons. The van der Waals surface area contributed by atoms with Crippen molar-refractivity contribution >= 4 is 11.6 Å². The Morgan fingerprint density at radius 3 is 2.64 bits per heavy atom. The van der Waals surface area contributed by atoms with Gasteiger partial charge in [0.05, 0.1) is 6.54 Å². The number of benzene rings is 2. The van der Waals surface area contributed by atoms with E-state index in [4.69, 9.17) is 0 Å². The zero-order valence-corrected chi connectivity index (χ0v) is 16.1. The molecule has 1 unspecified atom stereocenters. The second-order valence-corrected chi connectivity index (χ2v) is 7.22. The van der Waals surface area contributed by atoms with Gasteiger partial charge in [0.1, 0.15) is 17.7 Å². The number of aromatic nitrogens is 3. The zero-order valence-electron chi connectivity index (χ0n) is 16.1. The van der Waals surface area contributed by atoms with E-state index >= 15 is 0 Å². The molecule has 0 aliphatic carbocycles. The fraction of sp³-hybridized carbons (Fsp3) is 0.318. The number of nitrogens with zero attached hydrogens (tertiary/aromatic N) is 3. The lowest BCUT2D eigenvalue weighted by atomic mass is 10.1. The summed E-state index contributed by atoms with van der Waals surface area (Å²) in [6, 6.07) is 17.1. The van der Waals surface area contributed by atoms with Gasteiger partial charge in [0.2, 0.25) is 5.91 Å². The summed E-state index contributed by atoms with van der Waals surface area (Å²) in [6.45, 7) is 3.47. The highest BCUT2D eigenvalue weighted by Crippen LogP contribution is 2.19. The minimum absolute atomic E-state index is 0.0894. The Morgan fingerprint density at radius 1 is 1.07 bits per heavy atom. The van der Waals surface area contributed by atoms with Gasteiger partial charge >= 0.3 is 0 Å². The molecule has 1 aliphatic heterocycles. The van der Waals surface area contributed by atoms with Crippen LogP contribution in [0.25, 0.3) is 0 Å². The molecular formula is C22H25N5O. The zero-order chi connectivity index (χ0) is 19.3. The molecule has 0 spiro atoms. The molecule has 0 saturated heterocycles. The second kappa shape index (κ2) is 8.35. The fourth-order valence-corrected chi connectivity index (χ4v) is 3.55. The standard InChI is InChI=1S/C22H25N5O/c1-16-10-12-18(13-11-16)24-22(28)21(17-7-3-2-4-8-17)23-15-20-26-25-19-9-5-6-14-27(19)20/h2-4,7-8,10-13,21,23H,5-6,9,14-15H2,1H3,(H,24,28). The highest BCUT2D eigenvalue weighted by atomic mass is 16.2. The average molecular weight is 375 g/mol. The number of carbonyl (C=O) groups excluding carboxylic acids is 1. The third-order valence-electron chi connectivity index (χ3n) is 5.11. The largest absolute Gasteiger partial charge is 0.324 e. The minimum Gasteiger partial charge on any atom is -0.324 e. The number of carbonyl (C=O) groups is 1. The Labute approximate surface area is 165 Å². The number of aryl methyl sites for hydroxylation is 2. The highest BCUT2D eigenvalue weighted by Gasteiger charge is 2.22. The third-order valence-corrected chi connectivity index (χ3v) is 5.11. The predicted molar refractivity (Wildman–Crippen MR) is 109 cm³/mol. The molecule has 1 amide bonds. The van der Waals surface area contributed by atoms with Gasteiger partial charge in [-0.05, 0) is 37.5 Å². The summed E-state index contributed by atoms with van der Waals surface area (Å²) in [5.74, 6) is 1.84. The molecule has 28 heavy (non-hydrogen) atoms. The summed E-state index contributed by atoms with van der Waals surface area (Å²) in [5, 5.41) is 15.0. The van der Waals surface area contributed by atoms with Gasteiger partial charge in [-0.1, -0.05) is 48.0 Å². The van der Waals surface area contributed by atoms with Crippen LogP contribution in [0.15, 0.2) is 54.6 Å². The van der Waals surface area contributed by atoms with Crippen molar-refractivity contribution in [1.82, 2.24) is 20.1 Å². The van der Waals surface area contributed by atoms with E-state index in [9.17, 15) is 4.79 Å². The van der Waals surface area contributed by atoms with Crippen molar-refractivity contribution in [3.8, 4) is 0 Å². The maximum atomic E-state index is 13.0. The molecule has 1 atom stereocenters. The number of amides is 1. The Bertz CT molecular complexity index is 933. The van der Waals surface area contributed by atoms with Gasteiger partial charge in [0.15, 0.2) is 0 Å². The summed E-state index contributed by atoms with van der Waals surface area (Å²) < 4.78 is 2.18. The topological polar surface area (TPSA) is 71.8 Å². The molecule has 2 aromatic carbocycles. The highest BCUT2D eigenvalue weighted by molar-refractivity contribution is 5.95. The van der Waals surface area contributed by atoms with Crippen LogP contribution in [0, 0.1) is 6.92 Å². The van der Waals surface area contributed by atoms with E-state index in [-0.39, 0.29) is 5.91 Å². The number of hydrogen-bond donors (Lipinski definition) is 2. The number of nitrogens with one attached hydrogen (secondary N) is 2. The SMILES string of the molecule is Cc1ccc(NC(=O)C(NCc2nnc3n2CCCC3)c2ccccc2)cc1. The van der Waals surface area contributed by atoms with Crippen molar-refractivity contribution in [3.63, 3.8) is 0 Å². The van der Waals surface area contributed by atoms with Gasteiger partial charge in [0, 0.05) is 18.7 Å². The lowest BCUT2D eigenvalue weighted by Crippen LogP contribution is -2.33. The van der Waals surface area contributed by atoms with E-state index in [0.29, 0.717) is 6.54 Å². The molecule has 1 aliphatic rings. The van der Waals surface area contributed by atoms with Crippen molar-refractivity contribution in [3.05, 3.63) is 77.4 Å². The maximum Gasteiger partial charge on any atom is 0.246 e. The van der Waals surface area contributed by atoms with Crippen LogP contribution < -0.4 is 10.6 Å². The van der Waals surface area contributed by atoms with Crippen LogP contribution in [0.4, 0.5) is 5.69 Å². The molecule has 2 heterocycles. The molecule has 1 aromatic heterocycles. The quantitative estimate of drug-likeness (QED) is 0.693. The van der Waals surface area contributed by atoms with Crippen molar-refractivity contribution in [2.45, 2.75) is 45.3 Å². The van der Waals surface area contributed by atoms with E-state index in [0.717, 1.165) is 54.3 Å². The lowest BCUT2D eigenvalue weighted by Gasteiger charge is -2.20. The number of hydrogen-bond acceptors (Lipinski definition) is 4. The second-order valence-electron chi connectivity index (χ2n) is 7.22. The Hall–Kier alpha value is -2.99. The fourth-order valence-electron chi connectivity index (χ4n) is 3.55. The summed E-state index contributed by atoms with van der Waals surface area (Å²) in [4.78, 5) is 13.0. The van der Waals surface area contributed by atoms with Crippen LogP contribution in [0.5, 0.6) is 0 Å². The average Bonchev–Trinajstić information content (AvgIpc) is 3.14. The van der Waals surface area contributed by atoms with Crippen molar-refractivity contribution in [2.24, 2.45) is 0 Å². The van der Waals surface area contributed by atoms with Crippen LogP contribution in [-0.4, -0.2) is 20.7 Å². The van der Waals surface area contributed by atoms with E-state index in [1.165, 1.54) is 0 Å². The molecule has 144 valence electrons. The number of anilines is 1. The van der Waals surface area contributed by atoms with Gasteiger partial charge in [-0.3, -0.25) is 10.1 Å². The summed E-state index contributed by atoms with van der Waals surface area (Å²) >= 11 is 0. The van der Waals surface area contributed by atoms with Crippen LogP contribution in [-0.2, 0) is 24.3 Å². The maximum absolute atomic E-state index is 13.0. The molecule has 6 heteroatoms. The van der Waals surface area contributed by atoms with Gasteiger partial charge in [-0.15, -0.1) is 10.2 Å². The van der Waals surface area contributed by atoms with Gasteiger partial charge in [0.25, 0.3) is 0 Å². The third kappa shape index (κ3) is 4.12. The Morgan fingerprint density at radius 2 is 1.86 bits per heavy atom. The van der Waals surface area contributed by atoms with Crippen LogP contribution in [0.2, 0.25) is 0 Å². The summed E-state index contributed by atoms with van der Waals surface area (Å²) in [6.07, 6.45) is 3.29. The first-order chi connectivity index (χ1) is 13.7. The van der Waals surface area contributed by atoms with Crippen molar-refractivity contribution in [2.75, 3.05) is 5.32 Å². The monoisotopic (exact) mass is 375 g/mol. The lowest BCUT2D eigenvalue weighted by molar-refractivity contribution is -0.118. The number of fused-ring (bicyclic) bond motifs is 1. The van der Waals surface area contributed by atoms with Crippen LogP contribution >= 0.6 is 0 Å². The van der Waals surface area contributed by atoms with Gasteiger partial charge < -0.3 is 9.88 Å². The summed E-state index contributed by atoms with van der Waals surface area (Å²) in [7, 11) is 0. The Kier molecular flexibility index (Phi) is 5.48. The molecule has 0 bridgehead atoms. The predicted octanol–water partition coefficient (Wildman–Crippen LogP) is 3.39. The molecule has 3 aromatic rings. The Balaban J connectivity index is 1.51. The van der Waals surface area contributed by atoms with Gasteiger partial charge in [-0.2, -0.15) is 0 Å². The van der Waals surface area contributed by atoms with E-state index < -0.39 is 6.04 Å². The summed E-state index contributed by atoms with van der Waals surface area (Å²) in [5.41, 5.74) is 2.87.